The van der Waals surface area contributed by atoms with E-state index in [0.29, 0.717) is 33.0 Å². The number of rotatable bonds is 5. The highest BCUT2D eigenvalue weighted by Crippen LogP contribution is 2.23. The van der Waals surface area contributed by atoms with Gasteiger partial charge >= 0.3 is 0 Å². The van der Waals surface area contributed by atoms with E-state index in [4.69, 9.17) is 16.0 Å². The van der Waals surface area contributed by atoms with Crippen molar-refractivity contribution >= 4 is 28.3 Å². The molecular formula is C22H18ClN3O3. The van der Waals surface area contributed by atoms with Gasteiger partial charge in [-0.05, 0) is 42.5 Å². The van der Waals surface area contributed by atoms with E-state index in [1.54, 1.807) is 37.4 Å². The summed E-state index contributed by atoms with van der Waals surface area (Å²) in [5.74, 6) is 1.14. The quantitative estimate of drug-likeness (QED) is 0.547. The first-order chi connectivity index (χ1) is 14.0. The minimum absolute atomic E-state index is 0.0688. The lowest BCUT2D eigenvalue weighted by Gasteiger charge is -2.08. The van der Waals surface area contributed by atoms with Crippen molar-refractivity contribution in [3.05, 3.63) is 87.5 Å². The first-order valence-electron chi connectivity index (χ1n) is 9.07. The summed E-state index contributed by atoms with van der Waals surface area (Å²) >= 11 is 5.91. The molecule has 0 atom stereocenters. The number of nitrogens with zero attached hydrogens (tertiary/aromatic N) is 2. The van der Waals surface area contributed by atoms with E-state index in [1.807, 2.05) is 30.3 Å². The number of aromatic nitrogens is 2. The molecule has 0 aliphatic heterocycles. The Bertz CT molecular complexity index is 1240. The van der Waals surface area contributed by atoms with Gasteiger partial charge < -0.3 is 9.73 Å². The molecule has 2 heterocycles. The van der Waals surface area contributed by atoms with Crippen LogP contribution in [0, 0.1) is 0 Å². The molecule has 146 valence electrons. The van der Waals surface area contributed by atoms with Crippen LogP contribution < -0.4 is 10.9 Å². The fourth-order valence-electron chi connectivity index (χ4n) is 3.15. The van der Waals surface area contributed by atoms with Gasteiger partial charge in [-0.3, -0.25) is 9.59 Å². The van der Waals surface area contributed by atoms with E-state index in [9.17, 15) is 9.59 Å². The number of amides is 1. The predicted molar refractivity (Wildman–Crippen MR) is 112 cm³/mol. The Morgan fingerprint density at radius 1 is 1.07 bits per heavy atom. The Hall–Kier alpha value is -3.38. The Balaban J connectivity index is 1.45. The van der Waals surface area contributed by atoms with Gasteiger partial charge in [0.1, 0.15) is 11.5 Å². The fraction of sp³-hybridized carbons (Fsp3) is 0.136. The van der Waals surface area contributed by atoms with Gasteiger partial charge in [-0.25, -0.2) is 4.68 Å². The third-order valence-electron chi connectivity index (χ3n) is 4.61. The largest absolute Gasteiger partial charge is 0.459 e. The number of fused-ring (bicyclic) bond motifs is 1. The lowest BCUT2D eigenvalue weighted by atomic mass is 10.1. The highest BCUT2D eigenvalue weighted by Gasteiger charge is 2.13. The fourth-order valence-corrected chi connectivity index (χ4v) is 3.27. The van der Waals surface area contributed by atoms with Crippen molar-refractivity contribution in [1.82, 2.24) is 15.1 Å². The number of hydrogen-bond acceptors (Lipinski definition) is 4. The van der Waals surface area contributed by atoms with Crippen molar-refractivity contribution in [3.63, 3.8) is 0 Å². The van der Waals surface area contributed by atoms with E-state index in [2.05, 4.69) is 10.4 Å². The van der Waals surface area contributed by atoms with E-state index >= 15 is 0 Å². The Morgan fingerprint density at radius 3 is 2.55 bits per heavy atom. The molecule has 7 heteroatoms. The van der Waals surface area contributed by atoms with Gasteiger partial charge in [0, 0.05) is 23.0 Å². The lowest BCUT2D eigenvalue weighted by Crippen LogP contribution is -2.27. The molecule has 6 nitrogen and oxygen atoms in total. The van der Waals surface area contributed by atoms with Gasteiger partial charge in [-0.2, -0.15) is 5.10 Å². The smallest absolute Gasteiger partial charge is 0.274 e. The summed E-state index contributed by atoms with van der Waals surface area (Å²) in [4.78, 5) is 24.6. The van der Waals surface area contributed by atoms with Crippen LogP contribution in [-0.2, 0) is 24.8 Å². The summed E-state index contributed by atoms with van der Waals surface area (Å²) in [5, 5.41) is 8.99. The molecule has 0 saturated carbocycles. The zero-order valence-corrected chi connectivity index (χ0v) is 16.4. The molecule has 4 rings (SSSR count). The van der Waals surface area contributed by atoms with Crippen LogP contribution in [0.15, 0.2) is 69.9 Å². The topological polar surface area (TPSA) is 77.1 Å². The van der Waals surface area contributed by atoms with E-state index in [-0.39, 0.29) is 24.4 Å². The highest BCUT2D eigenvalue weighted by atomic mass is 35.5. The van der Waals surface area contributed by atoms with Crippen LogP contribution >= 0.6 is 11.6 Å². The maximum atomic E-state index is 12.4. The minimum Gasteiger partial charge on any atom is -0.459 e. The summed E-state index contributed by atoms with van der Waals surface area (Å²) in [6.45, 7) is 0.260. The van der Waals surface area contributed by atoms with E-state index < -0.39 is 0 Å². The average Bonchev–Trinajstić information content (AvgIpc) is 3.20. The molecule has 0 unspecified atom stereocenters. The second kappa shape index (κ2) is 7.93. The van der Waals surface area contributed by atoms with Crippen LogP contribution in [0.25, 0.3) is 22.1 Å². The van der Waals surface area contributed by atoms with Crippen molar-refractivity contribution in [2.45, 2.75) is 13.0 Å². The van der Waals surface area contributed by atoms with Crippen LogP contribution in [0.4, 0.5) is 0 Å². The third kappa shape index (κ3) is 4.07. The lowest BCUT2D eigenvalue weighted by molar-refractivity contribution is -0.120. The molecule has 0 saturated heterocycles. The number of nitrogens with one attached hydrogen (secondary N) is 1. The molecule has 0 spiro atoms. The van der Waals surface area contributed by atoms with E-state index in [0.717, 1.165) is 5.56 Å². The first-order valence-corrected chi connectivity index (χ1v) is 9.45. The number of benzene rings is 2. The van der Waals surface area contributed by atoms with Gasteiger partial charge in [0.25, 0.3) is 5.56 Å². The zero-order valence-electron chi connectivity index (χ0n) is 15.7. The molecule has 4 aromatic rings. The third-order valence-corrected chi connectivity index (χ3v) is 4.86. The van der Waals surface area contributed by atoms with Crippen LogP contribution in [0.5, 0.6) is 0 Å². The Morgan fingerprint density at radius 2 is 1.79 bits per heavy atom. The number of aryl methyl sites for hydroxylation is 1. The number of carbonyl (C=O) groups is 1. The molecule has 29 heavy (non-hydrogen) atoms. The highest BCUT2D eigenvalue weighted by molar-refractivity contribution is 6.30. The van der Waals surface area contributed by atoms with Crippen molar-refractivity contribution in [1.29, 1.82) is 0 Å². The molecule has 0 aliphatic rings. The standard InChI is InChI=1S/C22H18ClN3O3/c1-26-22(28)18-5-3-2-4-17(18)19(25-26)12-21(27)24-13-16-10-11-20(29-16)14-6-8-15(23)9-7-14/h2-11H,12-13H2,1H3,(H,24,27). The van der Waals surface area contributed by atoms with Crippen LogP contribution in [0.1, 0.15) is 11.5 Å². The summed E-state index contributed by atoms with van der Waals surface area (Å²) in [7, 11) is 1.58. The van der Waals surface area contributed by atoms with Crippen molar-refractivity contribution < 1.29 is 9.21 Å². The molecule has 0 bridgehead atoms. The van der Waals surface area contributed by atoms with Crippen molar-refractivity contribution in [2.75, 3.05) is 0 Å². The normalized spacial score (nSPS) is 11.0. The number of furan rings is 1. The van der Waals surface area contributed by atoms with Crippen molar-refractivity contribution in [2.24, 2.45) is 7.05 Å². The zero-order chi connectivity index (χ0) is 20.4. The maximum absolute atomic E-state index is 12.4. The van der Waals surface area contributed by atoms with Crippen molar-refractivity contribution in [3.8, 4) is 11.3 Å². The predicted octanol–water partition coefficient (Wildman–Crippen LogP) is 3.71. The van der Waals surface area contributed by atoms with Crippen LogP contribution in [0.3, 0.4) is 0 Å². The Kier molecular flexibility index (Phi) is 5.18. The minimum atomic E-state index is -0.203. The van der Waals surface area contributed by atoms with E-state index in [1.165, 1.54) is 4.68 Å². The SMILES string of the molecule is Cn1nc(CC(=O)NCc2ccc(-c3ccc(Cl)cc3)o2)c2ccccc2c1=O. The number of halogens is 1. The van der Waals surface area contributed by atoms with Crippen LogP contribution in [-0.4, -0.2) is 15.7 Å². The second-order valence-corrected chi connectivity index (χ2v) is 7.08. The number of carbonyl (C=O) groups excluding carboxylic acids is 1. The number of hydrogen-bond donors (Lipinski definition) is 1. The molecule has 2 aromatic heterocycles. The molecule has 0 fully saturated rings. The molecule has 0 aliphatic carbocycles. The van der Waals surface area contributed by atoms with Crippen LogP contribution in [0.2, 0.25) is 5.02 Å². The Labute approximate surface area is 171 Å². The van der Waals surface area contributed by atoms with Gasteiger partial charge in [-0.1, -0.05) is 29.8 Å². The molecule has 2 aromatic carbocycles. The van der Waals surface area contributed by atoms with Gasteiger partial charge in [0.15, 0.2) is 0 Å². The molecular weight excluding hydrogens is 390 g/mol. The summed E-state index contributed by atoms with van der Waals surface area (Å²) in [5.41, 5.74) is 1.28. The molecule has 1 N–H and O–H groups in total. The first kappa shape index (κ1) is 19.0. The van der Waals surface area contributed by atoms with Gasteiger partial charge in [-0.15, -0.1) is 0 Å². The average molecular weight is 408 g/mol. The summed E-state index contributed by atoms with van der Waals surface area (Å²) < 4.78 is 7.06. The second-order valence-electron chi connectivity index (χ2n) is 6.65. The monoisotopic (exact) mass is 407 g/mol. The van der Waals surface area contributed by atoms with Gasteiger partial charge in [0.05, 0.1) is 24.0 Å². The summed E-state index contributed by atoms with van der Waals surface area (Å²) in [6.07, 6.45) is 0.0688. The molecule has 0 radical (unpaired) electrons. The summed E-state index contributed by atoms with van der Waals surface area (Å²) in [6, 6.07) is 18.2. The molecule has 1 amide bonds. The maximum Gasteiger partial charge on any atom is 0.274 e. The van der Waals surface area contributed by atoms with Gasteiger partial charge in [0.2, 0.25) is 5.91 Å².